The molecule has 76 valence electrons. The largest absolute Gasteiger partial charge is 0.398 e. The van der Waals surface area contributed by atoms with E-state index in [4.69, 9.17) is 16.7 Å². The second kappa shape index (κ2) is 4.62. The van der Waals surface area contributed by atoms with Gasteiger partial charge in [-0.3, -0.25) is 0 Å². The number of amides is 2. The summed E-state index contributed by atoms with van der Waals surface area (Å²) in [5, 5.41) is 12.2. The van der Waals surface area contributed by atoms with Crippen LogP contribution in [0.2, 0.25) is 0 Å². The quantitative estimate of drug-likeness (QED) is 0.360. The number of benzene rings is 1. The van der Waals surface area contributed by atoms with Crippen LogP contribution < -0.4 is 16.9 Å². The molecule has 1 aromatic carbocycles. The molecule has 0 radical (unpaired) electrons. The third-order valence-electron chi connectivity index (χ3n) is 1.59. The number of anilines is 1. The minimum atomic E-state index is -0.748. The summed E-state index contributed by atoms with van der Waals surface area (Å²) < 4.78 is 0. The lowest BCUT2D eigenvalue weighted by atomic mass is 10.1. The van der Waals surface area contributed by atoms with Crippen LogP contribution in [0.5, 0.6) is 0 Å². The number of carbonyl (C=O) groups is 1. The number of nitrogens with zero attached hydrogens (tertiary/aromatic N) is 2. The molecule has 0 saturated carbocycles. The minimum absolute atomic E-state index is 0.359. The van der Waals surface area contributed by atoms with Crippen molar-refractivity contribution in [3.63, 3.8) is 0 Å². The summed E-state index contributed by atoms with van der Waals surface area (Å²) in [5.74, 6) is 0. The maximum atomic E-state index is 10.3. The van der Waals surface area contributed by atoms with E-state index in [2.05, 4.69) is 5.10 Å². The van der Waals surface area contributed by atoms with E-state index in [0.29, 0.717) is 16.8 Å². The molecule has 1 aromatic rings. The van der Waals surface area contributed by atoms with Gasteiger partial charge in [0.2, 0.25) is 0 Å². The van der Waals surface area contributed by atoms with Crippen molar-refractivity contribution in [2.24, 2.45) is 10.8 Å². The number of nitrogens with one attached hydrogen (secondary N) is 1. The first kappa shape index (κ1) is 10.5. The predicted octanol–water partition coefficient (Wildman–Crippen LogP) is 0.143. The number of carbonyl (C=O) groups excluding carboxylic acids is 1. The fourth-order valence-electron chi connectivity index (χ4n) is 0.921. The number of primary amides is 1. The molecule has 0 atom stereocenters. The summed E-state index contributed by atoms with van der Waals surface area (Å²) in [7, 11) is 0. The molecule has 0 saturated heterocycles. The number of urea groups is 1. The normalized spacial score (nSPS) is 9.80. The third kappa shape index (κ3) is 3.00. The van der Waals surface area contributed by atoms with Gasteiger partial charge in [0, 0.05) is 5.69 Å². The van der Waals surface area contributed by atoms with Crippen molar-refractivity contribution in [3.8, 4) is 6.07 Å². The maximum Gasteiger partial charge on any atom is 0.332 e. The summed E-state index contributed by atoms with van der Waals surface area (Å²) in [5.41, 5.74) is 13.8. The average molecular weight is 203 g/mol. The molecule has 0 unspecified atom stereocenters. The van der Waals surface area contributed by atoms with Crippen LogP contribution in [0.3, 0.4) is 0 Å². The Hall–Kier alpha value is -2.55. The average Bonchev–Trinajstić information content (AvgIpc) is 2.20. The van der Waals surface area contributed by atoms with Gasteiger partial charge in [-0.1, -0.05) is 6.07 Å². The SMILES string of the molecule is N#Cc1cc(C=NNC(N)=O)ccc1N. The highest BCUT2D eigenvalue weighted by molar-refractivity contribution is 5.83. The number of rotatable bonds is 2. The molecule has 0 aliphatic rings. The molecule has 0 spiro atoms. The summed E-state index contributed by atoms with van der Waals surface area (Å²) in [6, 6.07) is 6.00. The van der Waals surface area contributed by atoms with Crippen molar-refractivity contribution in [1.29, 1.82) is 5.26 Å². The Morgan fingerprint density at radius 3 is 2.93 bits per heavy atom. The van der Waals surface area contributed by atoms with E-state index in [1.165, 1.54) is 6.21 Å². The van der Waals surface area contributed by atoms with Crippen LogP contribution >= 0.6 is 0 Å². The number of hydrazone groups is 1. The van der Waals surface area contributed by atoms with Crippen molar-refractivity contribution in [3.05, 3.63) is 29.3 Å². The monoisotopic (exact) mass is 203 g/mol. The van der Waals surface area contributed by atoms with Crippen LogP contribution in [-0.4, -0.2) is 12.2 Å². The van der Waals surface area contributed by atoms with E-state index in [1.807, 2.05) is 11.5 Å². The Morgan fingerprint density at radius 1 is 1.60 bits per heavy atom. The molecule has 0 aromatic heterocycles. The number of nitrogens with two attached hydrogens (primary N) is 2. The molecule has 0 aliphatic carbocycles. The summed E-state index contributed by atoms with van der Waals surface area (Å²) in [6.07, 6.45) is 1.37. The molecule has 0 fully saturated rings. The molecule has 1 rings (SSSR count). The Kier molecular flexibility index (Phi) is 3.24. The lowest BCUT2D eigenvalue weighted by Crippen LogP contribution is -2.24. The molecule has 15 heavy (non-hydrogen) atoms. The number of hydrogen-bond donors (Lipinski definition) is 3. The highest BCUT2D eigenvalue weighted by Gasteiger charge is 1.97. The van der Waals surface area contributed by atoms with E-state index >= 15 is 0 Å². The number of nitriles is 1. The molecule has 0 bridgehead atoms. The first-order valence-corrected chi connectivity index (χ1v) is 4.01. The fraction of sp³-hybridized carbons (Fsp3) is 0. The van der Waals surface area contributed by atoms with E-state index in [1.54, 1.807) is 18.2 Å². The van der Waals surface area contributed by atoms with Crippen LogP contribution in [0.25, 0.3) is 0 Å². The van der Waals surface area contributed by atoms with Gasteiger partial charge in [0.25, 0.3) is 0 Å². The highest BCUT2D eigenvalue weighted by Crippen LogP contribution is 2.11. The van der Waals surface area contributed by atoms with Crippen molar-refractivity contribution >= 4 is 17.9 Å². The highest BCUT2D eigenvalue weighted by atomic mass is 16.2. The second-order valence-electron chi connectivity index (χ2n) is 2.69. The first-order valence-electron chi connectivity index (χ1n) is 4.01. The molecule has 6 heteroatoms. The molecule has 6 nitrogen and oxygen atoms in total. The Labute approximate surface area is 86.2 Å². The minimum Gasteiger partial charge on any atom is -0.398 e. The van der Waals surface area contributed by atoms with Gasteiger partial charge < -0.3 is 11.5 Å². The van der Waals surface area contributed by atoms with E-state index in [0.717, 1.165) is 0 Å². The molecular formula is C9H9N5O. The molecule has 0 aliphatic heterocycles. The molecule has 2 amide bonds. The maximum absolute atomic E-state index is 10.3. The zero-order chi connectivity index (χ0) is 11.3. The van der Waals surface area contributed by atoms with Crippen LogP contribution in [0.15, 0.2) is 23.3 Å². The van der Waals surface area contributed by atoms with E-state index in [-0.39, 0.29) is 0 Å². The summed E-state index contributed by atoms with van der Waals surface area (Å²) in [6.45, 7) is 0. The van der Waals surface area contributed by atoms with Gasteiger partial charge in [-0.2, -0.15) is 10.4 Å². The first-order chi connectivity index (χ1) is 7.13. The van der Waals surface area contributed by atoms with Crippen LogP contribution in [-0.2, 0) is 0 Å². The van der Waals surface area contributed by atoms with Crippen LogP contribution in [0.4, 0.5) is 10.5 Å². The zero-order valence-corrected chi connectivity index (χ0v) is 7.77. The van der Waals surface area contributed by atoms with Gasteiger partial charge in [0.05, 0.1) is 11.8 Å². The molecule has 0 heterocycles. The number of nitrogen functional groups attached to an aromatic ring is 1. The second-order valence-corrected chi connectivity index (χ2v) is 2.69. The summed E-state index contributed by atoms with van der Waals surface area (Å²) in [4.78, 5) is 10.3. The molecule has 5 N–H and O–H groups in total. The lowest BCUT2D eigenvalue weighted by Gasteiger charge is -1.98. The zero-order valence-electron chi connectivity index (χ0n) is 7.77. The molecular weight excluding hydrogens is 194 g/mol. The Bertz CT molecular complexity index is 446. The number of hydrogen-bond acceptors (Lipinski definition) is 4. The van der Waals surface area contributed by atoms with Crippen molar-refractivity contribution in [2.45, 2.75) is 0 Å². The third-order valence-corrected chi connectivity index (χ3v) is 1.59. The Morgan fingerprint density at radius 2 is 2.33 bits per heavy atom. The Balaban J connectivity index is 2.84. The van der Waals surface area contributed by atoms with Crippen LogP contribution in [0, 0.1) is 11.3 Å². The van der Waals surface area contributed by atoms with Gasteiger partial charge in [-0.05, 0) is 17.7 Å². The lowest BCUT2D eigenvalue weighted by molar-refractivity contribution is 0.249. The van der Waals surface area contributed by atoms with Gasteiger partial charge in [0.15, 0.2) is 0 Å². The van der Waals surface area contributed by atoms with Gasteiger partial charge in [-0.25, -0.2) is 10.2 Å². The van der Waals surface area contributed by atoms with Crippen molar-refractivity contribution in [2.75, 3.05) is 5.73 Å². The van der Waals surface area contributed by atoms with Crippen LogP contribution in [0.1, 0.15) is 11.1 Å². The topological polar surface area (TPSA) is 117 Å². The van der Waals surface area contributed by atoms with Crippen molar-refractivity contribution in [1.82, 2.24) is 5.43 Å². The smallest absolute Gasteiger partial charge is 0.332 e. The summed E-state index contributed by atoms with van der Waals surface area (Å²) >= 11 is 0. The van der Waals surface area contributed by atoms with Gasteiger partial charge >= 0.3 is 6.03 Å². The van der Waals surface area contributed by atoms with Gasteiger partial charge in [-0.15, -0.1) is 0 Å². The van der Waals surface area contributed by atoms with Crippen molar-refractivity contribution < 1.29 is 4.79 Å². The fourth-order valence-corrected chi connectivity index (χ4v) is 0.921. The van der Waals surface area contributed by atoms with E-state index < -0.39 is 6.03 Å². The van der Waals surface area contributed by atoms with Gasteiger partial charge in [0.1, 0.15) is 6.07 Å². The predicted molar refractivity (Wildman–Crippen MR) is 55.9 cm³/mol. The standard InChI is InChI=1S/C9H9N5O/c10-4-7-3-6(1-2-8(7)11)5-13-14-9(12)15/h1-3,5H,11H2,(H3,12,14,15). The van der Waals surface area contributed by atoms with E-state index in [9.17, 15) is 4.79 Å².